The number of thioether (sulfide) groups is 1. The van der Waals surface area contributed by atoms with Gasteiger partial charge in [-0.1, -0.05) is 23.8 Å². The second-order valence-electron chi connectivity index (χ2n) is 3.63. The van der Waals surface area contributed by atoms with E-state index in [1.165, 1.54) is 0 Å². The Morgan fingerprint density at radius 3 is 2.62 bits per heavy atom. The second kappa shape index (κ2) is 5.25. The Kier molecular flexibility index (Phi) is 3.95. The lowest BCUT2D eigenvalue weighted by atomic mass is 10.2. The topological polar surface area (TPSA) is 29.3 Å². The lowest BCUT2D eigenvalue weighted by molar-refractivity contribution is 0.859. The number of nitrogens with two attached hydrogens (primary N) is 1. The summed E-state index contributed by atoms with van der Waals surface area (Å²) < 4.78 is 0. The molecule has 86 valence electrons. The minimum absolute atomic E-state index is 0.391. The van der Waals surface area contributed by atoms with Gasteiger partial charge in [-0.05, 0) is 18.2 Å². The lowest BCUT2D eigenvalue weighted by Gasteiger charge is -2.29. The summed E-state index contributed by atoms with van der Waals surface area (Å²) in [5, 5.41) is 0.734. The molecule has 2 nitrogen and oxygen atoms in total. The highest BCUT2D eigenvalue weighted by atomic mass is 35.5. The minimum Gasteiger partial charge on any atom is -0.389 e. The van der Waals surface area contributed by atoms with Crippen LogP contribution in [0.25, 0.3) is 0 Å². The molecular formula is C11H13ClN2S2. The highest BCUT2D eigenvalue weighted by molar-refractivity contribution is 7.99. The Morgan fingerprint density at radius 2 is 2.06 bits per heavy atom. The van der Waals surface area contributed by atoms with Gasteiger partial charge >= 0.3 is 0 Å². The van der Waals surface area contributed by atoms with Gasteiger partial charge in [0.2, 0.25) is 0 Å². The van der Waals surface area contributed by atoms with E-state index in [-0.39, 0.29) is 0 Å². The highest BCUT2D eigenvalue weighted by Gasteiger charge is 2.14. The van der Waals surface area contributed by atoms with Gasteiger partial charge in [0.25, 0.3) is 0 Å². The quantitative estimate of drug-likeness (QED) is 0.838. The van der Waals surface area contributed by atoms with Gasteiger partial charge in [-0.15, -0.1) is 0 Å². The Hall–Kier alpha value is -0.450. The molecule has 0 atom stereocenters. The van der Waals surface area contributed by atoms with Gasteiger partial charge in [-0.2, -0.15) is 11.8 Å². The molecule has 1 aromatic carbocycles. The molecule has 1 saturated heterocycles. The van der Waals surface area contributed by atoms with Crippen molar-refractivity contribution in [3.8, 4) is 0 Å². The van der Waals surface area contributed by atoms with Crippen LogP contribution in [0.3, 0.4) is 0 Å². The molecule has 0 spiro atoms. The fraction of sp³-hybridized carbons (Fsp3) is 0.364. The van der Waals surface area contributed by atoms with Crippen molar-refractivity contribution in [3.63, 3.8) is 0 Å². The number of hydrogen-bond acceptors (Lipinski definition) is 3. The molecule has 0 bridgehead atoms. The maximum absolute atomic E-state index is 6.24. The zero-order valence-electron chi connectivity index (χ0n) is 8.78. The summed E-state index contributed by atoms with van der Waals surface area (Å²) in [5.41, 5.74) is 7.48. The Morgan fingerprint density at radius 1 is 1.38 bits per heavy atom. The molecule has 1 fully saturated rings. The first-order chi connectivity index (χ1) is 7.68. The van der Waals surface area contributed by atoms with Crippen LogP contribution in [-0.2, 0) is 0 Å². The zero-order chi connectivity index (χ0) is 11.5. The summed E-state index contributed by atoms with van der Waals surface area (Å²) in [6.45, 7) is 2.10. The summed E-state index contributed by atoms with van der Waals surface area (Å²) in [5.74, 6) is 2.32. The summed E-state index contributed by atoms with van der Waals surface area (Å²) >= 11 is 13.1. The molecular weight excluding hydrogens is 260 g/mol. The number of anilines is 1. The van der Waals surface area contributed by atoms with Crippen LogP contribution in [-0.4, -0.2) is 29.6 Å². The zero-order valence-corrected chi connectivity index (χ0v) is 11.2. The average molecular weight is 273 g/mol. The van der Waals surface area contributed by atoms with Crippen molar-refractivity contribution >= 4 is 46.3 Å². The molecule has 1 aliphatic rings. The predicted octanol–water partition coefficient (Wildman–Crippen LogP) is 2.53. The van der Waals surface area contributed by atoms with Crippen molar-refractivity contribution in [3.05, 3.63) is 28.8 Å². The van der Waals surface area contributed by atoms with E-state index in [1.807, 2.05) is 30.0 Å². The van der Waals surface area contributed by atoms with Crippen molar-refractivity contribution in [2.75, 3.05) is 29.5 Å². The van der Waals surface area contributed by atoms with Crippen molar-refractivity contribution in [2.45, 2.75) is 0 Å². The van der Waals surface area contributed by atoms with Gasteiger partial charge in [0.05, 0.1) is 10.7 Å². The van der Waals surface area contributed by atoms with Gasteiger partial charge in [-0.3, -0.25) is 0 Å². The Balaban J connectivity index is 2.24. The molecule has 0 amide bonds. The van der Waals surface area contributed by atoms with Crippen molar-refractivity contribution in [1.82, 2.24) is 0 Å². The molecule has 16 heavy (non-hydrogen) atoms. The largest absolute Gasteiger partial charge is 0.389 e. The predicted molar refractivity (Wildman–Crippen MR) is 76.9 cm³/mol. The molecule has 2 rings (SSSR count). The molecule has 2 N–H and O–H groups in total. The van der Waals surface area contributed by atoms with Gasteiger partial charge < -0.3 is 10.6 Å². The minimum atomic E-state index is 0.391. The van der Waals surface area contributed by atoms with Crippen LogP contribution in [0, 0.1) is 0 Å². The first-order valence-electron chi connectivity index (χ1n) is 5.10. The third-order valence-corrected chi connectivity index (χ3v) is 4.06. The number of halogens is 1. The third-order valence-electron chi connectivity index (χ3n) is 2.58. The average Bonchev–Trinajstić information content (AvgIpc) is 2.30. The van der Waals surface area contributed by atoms with Crippen LogP contribution in [0.5, 0.6) is 0 Å². The van der Waals surface area contributed by atoms with Crippen LogP contribution in [0.15, 0.2) is 18.2 Å². The van der Waals surface area contributed by atoms with Gasteiger partial charge in [0.15, 0.2) is 0 Å². The molecule has 1 aromatic rings. The highest BCUT2D eigenvalue weighted by Crippen LogP contribution is 2.28. The third kappa shape index (κ3) is 2.62. The summed E-state index contributed by atoms with van der Waals surface area (Å²) in [4.78, 5) is 2.70. The normalized spacial score (nSPS) is 16.2. The molecule has 0 saturated carbocycles. The van der Waals surface area contributed by atoms with E-state index in [0.29, 0.717) is 4.99 Å². The summed E-state index contributed by atoms with van der Waals surface area (Å²) in [6.07, 6.45) is 0. The van der Waals surface area contributed by atoms with Crippen LogP contribution >= 0.6 is 35.6 Å². The first kappa shape index (κ1) is 12.0. The van der Waals surface area contributed by atoms with Crippen LogP contribution in [0.2, 0.25) is 5.02 Å². The van der Waals surface area contributed by atoms with Crippen LogP contribution in [0.4, 0.5) is 5.69 Å². The Labute approximate surface area is 110 Å². The van der Waals surface area contributed by atoms with Crippen molar-refractivity contribution in [2.24, 2.45) is 5.73 Å². The van der Waals surface area contributed by atoms with E-state index >= 15 is 0 Å². The molecule has 0 aliphatic carbocycles. The SMILES string of the molecule is NC(=S)c1ccc(N2CCSCC2)c(Cl)c1. The van der Waals surface area contributed by atoms with Gasteiger partial charge in [-0.25, -0.2) is 0 Å². The van der Waals surface area contributed by atoms with Gasteiger partial charge in [0.1, 0.15) is 4.99 Å². The molecule has 0 unspecified atom stereocenters. The molecule has 1 heterocycles. The smallest absolute Gasteiger partial charge is 0.104 e. The molecule has 0 aromatic heterocycles. The van der Waals surface area contributed by atoms with Crippen molar-refractivity contribution < 1.29 is 0 Å². The van der Waals surface area contributed by atoms with E-state index in [0.717, 1.165) is 40.9 Å². The monoisotopic (exact) mass is 272 g/mol. The number of hydrogen-bond donors (Lipinski definition) is 1. The maximum Gasteiger partial charge on any atom is 0.104 e. The lowest BCUT2D eigenvalue weighted by Crippen LogP contribution is -2.32. The fourth-order valence-corrected chi connectivity index (χ4v) is 3.05. The molecule has 1 aliphatic heterocycles. The van der Waals surface area contributed by atoms with Crippen LogP contribution < -0.4 is 10.6 Å². The van der Waals surface area contributed by atoms with Gasteiger partial charge in [0, 0.05) is 30.2 Å². The standard InChI is InChI=1S/C11H13ClN2S2/c12-9-7-8(11(13)15)1-2-10(9)14-3-5-16-6-4-14/h1-2,7H,3-6H2,(H2,13,15). The van der Waals surface area contributed by atoms with E-state index in [4.69, 9.17) is 29.6 Å². The number of nitrogens with zero attached hydrogens (tertiary/aromatic N) is 1. The van der Waals surface area contributed by atoms with E-state index in [1.54, 1.807) is 0 Å². The number of thiocarbonyl (C=S) groups is 1. The number of benzene rings is 1. The first-order valence-corrected chi connectivity index (χ1v) is 7.04. The maximum atomic E-state index is 6.24. The van der Waals surface area contributed by atoms with Crippen molar-refractivity contribution in [1.29, 1.82) is 0 Å². The summed E-state index contributed by atoms with van der Waals surface area (Å²) in [7, 11) is 0. The molecule has 5 heteroatoms. The second-order valence-corrected chi connectivity index (χ2v) is 5.70. The van der Waals surface area contributed by atoms with E-state index in [2.05, 4.69) is 4.90 Å². The van der Waals surface area contributed by atoms with Crippen LogP contribution in [0.1, 0.15) is 5.56 Å². The van der Waals surface area contributed by atoms with E-state index < -0.39 is 0 Å². The van der Waals surface area contributed by atoms with E-state index in [9.17, 15) is 0 Å². The number of rotatable bonds is 2. The Bertz CT molecular complexity index is 403. The summed E-state index contributed by atoms with van der Waals surface area (Å²) in [6, 6.07) is 5.79. The molecule has 0 radical (unpaired) electrons. The fourth-order valence-electron chi connectivity index (χ4n) is 1.72.